The Kier molecular flexibility index (Phi) is 5.05. The van der Waals surface area contributed by atoms with Crippen molar-refractivity contribution < 1.29 is 9.53 Å². The summed E-state index contributed by atoms with van der Waals surface area (Å²) in [6, 6.07) is 12.4. The summed E-state index contributed by atoms with van der Waals surface area (Å²) in [6.07, 6.45) is 0. The summed E-state index contributed by atoms with van der Waals surface area (Å²) in [4.78, 5) is 21.9. The molecule has 1 amide bonds. The number of nitrogens with one attached hydrogen (secondary N) is 3. The van der Waals surface area contributed by atoms with Gasteiger partial charge in [0, 0.05) is 35.6 Å². The van der Waals surface area contributed by atoms with Crippen molar-refractivity contribution in [1.82, 2.24) is 30.2 Å². The summed E-state index contributed by atoms with van der Waals surface area (Å²) < 4.78 is 6.86. The Bertz CT molecular complexity index is 1270. The molecule has 10 heteroatoms. The first-order valence-corrected chi connectivity index (χ1v) is 10.3. The van der Waals surface area contributed by atoms with Crippen LogP contribution < -0.4 is 20.7 Å². The number of aromatic nitrogens is 4. The van der Waals surface area contributed by atoms with Crippen LogP contribution in [0.2, 0.25) is 5.02 Å². The first kappa shape index (κ1) is 19.5. The fourth-order valence-electron chi connectivity index (χ4n) is 3.55. The van der Waals surface area contributed by atoms with Gasteiger partial charge in [0.2, 0.25) is 11.9 Å². The summed E-state index contributed by atoms with van der Waals surface area (Å²) in [5.74, 6) is 1.62. The summed E-state index contributed by atoms with van der Waals surface area (Å²) >= 11 is 6.23. The molecule has 1 atom stereocenters. The first-order valence-electron chi connectivity index (χ1n) is 9.88. The monoisotopic (exact) mass is 437 g/mol. The minimum atomic E-state index is -0.489. The lowest BCUT2D eigenvalue weighted by Gasteiger charge is -2.16. The van der Waals surface area contributed by atoms with Crippen molar-refractivity contribution in [3.8, 4) is 17.1 Å². The molecule has 2 aromatic carbocycles. The highest BCUT2D eigenvalue weighted by Crippen LogP contribution is 2.27. The average Bonchev–Trinajstić information content (AvgIpc) is 3.14. The van der Waals surface area contributed by atoms with E-state index in [1.165, 1.54) is 0 Å². The highest BCUT2D eigenvalue weighted by atomic mass is 35.5. The van der Waals surface area contributed by atoms with Crippen molar-refractivity contribution in [2.45, 2.75) is 6.04 Å². The number of anilines is 1. The predicted octanol–water partition coefficient (Wildman–Crippen LogP) is 2.11. The second-order valence-corrected chi connectivity index (χ2v) is 7.62. The van der Waals surface area contributed by atoms with Crippen LogP contribution in [0.15, 0.2) is 42.5 Å². The minimum absolute atomic E-state index is 0.0911. The molecule has 4 aromatic rings. The Hall–Kier alpha value is -3.43. The second-order valence-electron chi connectivity index (χ2n) is 7.19. The van der Waals surface area contributed by atoms with Crippen molar-refractivity contribution in [2.24, 2.45) is 0 Å². The summed E-state index contributed by atoms with van der Waals surface area (Å²) in [7, 11) is 1.62. The molecule has 0 spiro atoms. The highest BCUT2D eigenvalue weighted by Gasteiger charge is 2.23. The van der Waals surface area contributed by atoms with E-state index in [2.05, 4.69) is 21.0 Å². The Morgan fingerprint density at radius 2 is 2.00 bits per heavy atom. The highest BCUT2D eigenvalue weighted by molar-refractivity contribution is 6.31. The van der Waals surface area contributed by atoms with E-state index in [4.69, 9.17) is 26.3 Å². The van der Waals surface area contributed by atoms with Gasteiger partial charge in [-0.15, -0.1) is 5.10 Å². The Labute approximate surface area is 182 Å². The number of carbonyl (C=O) groups is 1. The van der Waals surface area contributed by atoms with E-state index in [9.17, 15) is 4.79 Å². The van der Waals surface area contributed by atoms with E-state index in [1.807, 2.05) is 36.4 Å². The molecular weight excluding hydrogens is 418 g/mol. The third-order valence-corrected chi connectivity index (χ3v) is 5.39. The lowest BCUT2D eigenvalue weighted by molar-refractivity contribution is -0.121. The summed E-state index contributed by atoms with van der Waals surface area (Å²) in [5.41, 5.74) is 2.14. The van der Waals surface area contributed by atoms with Crippen molar-refractivity contribution in [1.29, 1.82) is 0 Å². The van der Waals surface area contributed by atoms with Crippen molar-refractivity contribution >= 4 is 40.0 Å². The molecule has 0 unspecified atom stereocenters. The molecule has 3 N–H and O–H groups in total. The molecule has 0 aliphatic carbocycles. The SMILES string of the molecule is COc1ccc(-c2nc3c4cc(Cl)ccc4nc(N[C@@H]4CNCCNC4=O)n3n2)cc1. The molecule has 1 aliphatic rings. The van der Waals surface area contributed by atoms with Crippen LogP contribution in [0.4, 0.5) is 5.95 Å². The number of methoxy groups -OCH3 is 1. The van der Waals surface area contributed by atoms with Crippen LogP contribution in [0.1, 0.15) is 0 Å². The molecule has 5 rings (SSSR count). The van der Waals surface area contributed by atoms with Gasteiger partial charge in [-0.2, -0.15) is 4.52 Å². The molecule has 1 saturated heterocycles. The minimum Gasteiger partial charge on any atom is -0.497 e. The number of benzene rings is 2. The molecule has 1 fully saturated rings. The molecule has 3 heterocycles. The normalized spacial score (nSPS) is 16.8. The fourth-order valence-corrected chi connectivity index (χ4v) is 3.72. The van der Waals surface area contributed by atoms with E-state index >= 15 is 0 Å². The topological polar surface area (TPSA) is 105 Å². The Balaban J connectivity index is 1.65. The van der Waals surface area contributed by atoms with Crippen LogP contribution in [0.3, 0.4) is 0 Å². The lowest BCUT2D eigenvalue weighted by Crippen LogP contribution is -2.42. The number of amides is 1. The zero-order chi connectivity index (χ0) is 21.4. The average molecular weight is 438 g/mol. The van der Waals surface area contributed by atoms with E-state index < -0.39 is 6.04 Å². The third kappa shape index (κ3) is 3.73. The van der Waals surface area contributed by atoms with E-state index in [0.29, 0.717) is 47.6 Å². The van der Waals surface area contributed by atoms with Gasteiger partial charge in [0.15, 0.2) is 11.5 Å². The standard InChI is InChI=1S/C21H20ClN7O2/c1-31-14-5-2-12(3-6-14)18-27-19-15-10-13(22)4-7-16(15)25-21(29(19)28-18)26-17-11-23-8-9-24-20(17)30/h2-7,10,17,23H,8-9,11H2,1H3,(H,24,30)(H,25,26)/t17-/m1/s1. The van der Waals surface area contributed by atoms with Crippen molar-refractivity contribution in [2.75, 3.05) is 32.1 Å². The van der Waals surface area contributed by atoms with Gasteiger partial charge in [-0.3, -0.25) is 4.79 Å². The van der Waals surface area contributed by atoms with Gasteiger partial charge >= 0.3 is 0 Å². The molecule has 158 valence electrons. The second kappa shape index (κ2) is 8.01. The molecule has 0 saturated carbocycles. The largest absolute Gasteiger partial charge is 0.497 e. The number of hydrogen-bond acceptors (Lipinski definition) is 7. The van der Waals surface area contributed by atoms with Gasteiger partial charge in [-0.25, -0.2) is 9.97 Å². The fraction of sp³-hybridized carbons (Fsp3) is 0.238. The van der Waals surface area contributed by atoms with E-state index in [1.54, 1.807) is 17.7 Å². The quantitative estimate of drug-likeness (QED) is 0.449. The molecule has 31 heavy (non-hydrogen) atoms. The summed E-state index contributed by atoms with van der Waals surface area (Å²) in [6.45, 7) is 1.78. The lowest BCUT2D eigenvalue weighted by atomic mass is 10.2. The maximum absolute atomic E-state index is 12.4. The van der Waals surface area contributed by atoms with Crippen LogP contribution in [0.25, 0.3) is 27.9 Å². The molecule has 2 aromatic heterocycles. The predicted molar refractivity (Wildman–Crippen MR) is 119 cm³/mol. The van der Waals surface area contributed by atoms with Gasteiger partial charge in [0.05, 0.1) is 12.6 Å². The van der Waals surface area contributed by atoms with E-state index in [-0.39, 0.29) is 5.91 Å². The van der Waals surface area contributed by atoms with Crippen molar-refractivity contribution in [3.05, 3.63) is 47.5 Å². The number of ether oxygens (including phenoxy) is 1. The smallest absolute Gasteiger partial charge is 0.243 e. The van der Waals surface area contributed by atoms with E-state index in [0.717, 1.165) is 16.7 Å². The Morgan fingerprint density at radius 1 is 1.16 bits per heavy atom. The van der Waals surface area contributed by atoms with Gasteiger partial charge < -0.3 is 20.7 Å². The Morgan fingerprint density at radius 3 is 2.81 bits per heavy atom. The molecule has 0 radical (unpaired) electrons. The van der Waals surface area contributed by atoms with Gasteiger partial charge in [0.1, 0.15) is 11.8 Å². The maximum atomic E-state index is 12.4. The molecule has 9 nitrogen and oxygen atoms in total. The molecule has 1 aliphatic heterocycles. The van der Waals surface area contributed by atoms with Crippen LogP contribution in [0, 0.1) is 0 Å². The number of rotatable bonds is 4. The van der Waals surface area contributed by atoms with Crippen LogP contribution >= 0.6 is 11.6 Å². The van der Waals surface area contributed by atoms with Gasteiger partial charge in [-0.1, -0.05) is 11.6 Å². The van der Waals surface area contributed by atoms with Gasteiger partial charge in [0.25, 0.3) is 0 Å². The number of fused-ring (bicyclic) bond motifs is 3. The third-order valence-electron chi connectivity index (χ3n) is 5.15. The maximum Gasteiger partial charge on any atom is 0.243 e. The zero-order valence-corrected chi connectivity index (χ0v) is 17.5. The van der Waals surface area contributed by atoms with Gasteiger partial charge in [-0.05, 0) is 42.5 Å². The number of carbonyl (C=O) groups excluding carboxylic acids is 1. The van der Waals surface area contributed by atoms with Crippen LogP contribution in [0.5, 0.6) is 5.75 Å². The summed E-state index contributed by atoms with van der Waals surface area (Å²) in [5, 5.41) is 15.4. The number of nitrogens with zero attached hydrogens (tertiary/aromatic N) is 4. The van der Waals surface area contributed by atoms with Crippen molar-refractivity contribution in [3.63, 3.8) is 0 Å². The zero-order valence-electron chi connectivity index (χ0n) is 16.7. The number of hydrogen-bond donors (Lipinski definition) is 3. The first-order chi connectivity index (χ1) is 15.1. The van der Waals surface area contributed by atoms with Crippen LogP contribution in [-0.4, -0.2) is 58.3 Å². The number of halogens is 1. The molecule has 0 bridgehead atoms. The molecular formula is C21H20ClN7O2. The van der Waals surface area contributed by atoms with Crippen LogP contribution in [-0.2, 0) is 4.79 Å².